The predicted molar refractivity (Wildman–Crippen MR) is 120 cm³/mol. The molecule has 8 heteroatoms. The van der Waals surface area contributed by atoms with Gasteiger partial charge in [-0.2, -0.15) is 4.98 Å². The minimum absolute atomic E-state index is 0.186. The Morgan fingerprint density at radius 2 is 1.77 bits per heavy atom. The Morgan fingerprint density at radius 3 is 2.39 bits per heavy atom. The monoisotopic (exact) mass is 429 g/mol. The predicted octanol–water partition coefficient (Wildman–Crippen LogP) is 4.23. The molecule has 0 aliphatic carbocycles. The molecule has 1 aromatic heterocycles. The fraction of sp³-hybridized carbons (Fsp3) is 0.391. The Hall–Kier alpha value is -3.42. The van der Waals surface area contributed by atoms with E-state index in [4.69, 9.17) is 19.0 Å². The quantitative estimate of drug-likeness (QED) is 0.204. The van der Waals surface area contributed by atoms with Crippen molar-refractivity contribution in [2.24, 2.45) is 5.16 Å². The van der Waals surface area contributed by atoms with Crippen molar-refractivity contribution in [2.75, 3.05) is 21.3 Å². The Morgan fingerprint density at radius 1 is 1.10 bits per heavy atom. The molecule has 0 amide bonds. The van der Waals surface area contributed by atoms with Crippen molar-refractivity contribution >= 4 is 17.3 Å². The second-order valence-electron chi connectivity index (χ2n) is 6.13. The van der Waals surface area contributed by atoms with E-state index in [1.165, 1.54) is 27.6 Å². The molecule has 2 aromatic rings. The lowest BCUT2D eigenvalue weighted by Crippen LogP contribution is -2.11. The van der Waals surface area contributed by atoms with Gasteiger partial charge in [0.2, 0.25) is 5.88 Å². The summed E-state index contributed by atoms with van der Waals surface area (Å²) in [5.41, 5.74) is 3.86. The number of ether oxygens (including phenoxy) is 3. The molecule has 0 radical (unpaired) electrons. The standard InChI is InChI=1S/C21H25N3O5.C2H6/c1-13-14(2)22-19(15(3)24-28-6)23-20(13)29-11-16-9-7-8-10-17(16)18(12-26-4)21(25)27-5;1-2/h7-10,12H,11H2,1-6H3;1-2H3/b18-12-,24-15-;. The summed E-state index contributed by atoms with van der Waals surface area (Å²) in [6.07, 6.45) is 1.35. The number of aromatic nitrogens is 2. The summed E-state index contributed by atoms with van der Waals surface area (Å²) in [5.74, 6) is 0.359. The summed E-state index contributed by atoms with van der Waals surface area (Å²) in [6, 6.07) is 7.36. The van der Waals surface area contributed by atoms with Crippen LogP contribution in [0.2, 0.25) is 0 Å². The average molecular weight is 430 g/mol. The minimum atomic E-state index is -0.498. The molecule has 0 saturated carbocycles. The molecule has 31 heavy (non-hydrogen) atoms. The van der Waals surface area contributed by atoms with Gasteiger partial charge in [-0.15, -0.1) is 0 Å². The molecule has 168 valence electrons. The van der Waals surface area contributed by atoms with E-state index in [9.17, 15) is 4.79 Å². The number of nitrogens with zero attached hydrogens (tertiary/aromatic N) is 3. The Labute approximate surface area is 183 Å². The van der Waals surface area contributed by atoms with Crippen molar-refractivity contribution in [1.29, 1.82) is 0 Å². The fourth-order valence-corrected chi connectivity index (χ4v) is 2.59. The van der Waals surface area contributed by atoms with Crippen molar-refractivity contribution in [3.05, 3.63) is 58.7 Å². The van der Waals surface area contributed by atoms with Crippen LogP contribution in [0.3, 0.4) is 0 Å². The third kappa shape index (κ3) is 6.80. The molecular weight excluding hydrogens is 398 g/mol. The lowest BCUT2D eigenvalue weighted by atomic mass is 10.0. The van der Waals surface area contributed by atoms with Gasteiger partial charge in [0.1, 0.15) is 25.0 Å². The van der Waals surface area contributed by atoms with Crippen LogP contribution in [0.5, 0.6) is 5.88 Å². The average Bonchev–Trinajstić information content (AvgIpc) is 2.79. The number of hydrogen-bond donors (Lipinski definition) is 0. The minimum Gasteiger partial charge on any atom is -0.503 e. The van der Waals surface area contributed by atoms with E-state index >= 15 is 0 Å². The highest BCUT2D eigenvalue weighted by molar-refractivity contribution is 6.16. The summed E-state index contributed by atoms with van der Waals surface area (Å²) in [5, 5.41) is 3.87. The summed E-state index contributed by atoms with van der Waals surface area (Å²) in [6.45, 7) is 9.70. The zero-order valence-electron chi connectivity index (χ0n) is 19.5. The number of methoxy groups -OCH3 is 2. The molecule has 0 fully saturated rings. The van der Waals surface area contributed by atoms with E-state index in [2.05, 4.69) is 15.1 Å². The first-order chi connectivity index (χ1) is 14.9. The van der Waals surface area contributed by atoms with E-state index in [0.29, 0.717) is 28.6 Å². The van der Waals surface area contributed by atoms with Crippen molar-refractivity contribution in [3.63, 3.8) is 0 Å². The van der Waals surface area contributed by atoms with Crippen molar-refractivity contribution in [2.45, 2.75) is 41.2 Å². The van der Waals surface area contributed by atoms with Gasteiger partial charge in [0.15, 0.2) is 5.82 Å². The number of benzene rings is 1. The van der Waals surface area contributed by atoms with E-state index in [0.717, 1.165) is 16.8 Å². The molecule has 0 unspecified atom stereocenters. The van der Waals surface area contributed by atoms with Crippen molar-refractivity contribution < 1.29 is 23.8 Å². The summed E-state index contributed by atoms with van der Waals surface area (Å²) in [4.78, 5) is 25.8. The lowest BCUT2D eigenvalue weighted by molar-refractivity contribution is -0.133. The molecule has 0 aliphatic rings. The molecule has 0 aliphatic heterocycles. The van der Waals surface area contributed by atoms with Crippen LogP contribution in [0, 0.1) is 13.8 Å². The number of carbonyl (C=O) groups excluding carboxylic acids is 1. The Balaban J connectivity index is 0.00000233. The molecule has 2 rings (SSSR count). The first-order valence-corrected chi connectivity index (χ1v) is 9.88. The van der Waals surface area contributed by atoms with Gasteiger partial charge in [-0.25, -0.2) is 9.78 Å². The maximum Gasteiger partial charge on any atom is 0.341 e. The van der Waals surface area contributed by atoms with Gasteiger partial charge in [-0.1, -0.05) is 43.3 Å². The number of aryl methyl sites for hydroxylation is 1. The van der Waals surface area contributed by atoms with Gasteiger partial charge in [0.05, 0.1) is 20.5 Å². The van der Waals surface area contributed by atoms with Crippen LogP contribution < -0.4 is 4.74 Å². The summed E-state index contributed by atoms with van der Waals surface area (Å²) in [7, 11) is 4.26. The number of rotatable bonds is 8. The van der Waals surface area contributed by atoms with Crippen LogP contribution in [-0.2, 0) is 25.7 Å². The van der Waals surface area contributed by atoms with Crippen molar-refractivity contribution in [3.8, 4) is 5.88 Å². The summed E-state index contributed by atoms with van der Waals surface area (Å²) >= 11 is 0. The molecule has 0 saturated heterocycles. The normalized spacial score (nSPS) is 11.2. The van der Waals surface area contributed by atoms with Gasteiger partial charge in [-0.05, 0) is 31.9 Å². The molecule has 0 atom stereocenters. The fourth-order valence-electron chi connectivity index (χ4n) is 2.59. The maximum absolute atomic E-state index is 12.2. The van der Waals surface area contributed by atoms with Crippen molar-refractivity contribution in [1.82, 2.24) is 9.97 Å². The molecular formula is C23H31N3O5. The van der Waals surface area contributed by atoms with E-state index < -0.39 is 5.97 Å². The number of hydrogen-bond acceptors (Lipinski definition) is 8. The van der Waals surface area contributed by atoms with Crippen LogP contribution >= 0.6 is 0 Å². The topological polar surface area (TPSA) is 92.1 Å². The highest BCUT2D eigenvalue weighted by Crippen LogP contribution is 2.24. The number of esters is 1. The second-order valence-corrected chi connectivity index (χ2v) is 6.13. The molecule has 0 N–H and O–H groups in total. The van der Waals surface area contributed by atoms with Gasteiger partial charge in [-0.3, -0.25) is 0 Å². The second kappa shape index (κ2) is 13.0. The van der Waals surface area contributed by atoms with E-state index in [1.807, 2.05) is 45.9 Å². The number of carbonyl (C=O) groups is 1. The first-order valence-electron chi connectivity index (χ1n) is 9.88. The Kier molecular flexibility index (Phi) is 10.7. The molecule has 0 spiro atoms. The zero-order valence-corrected chi connectivity index (χ0v) is 19.5. The van der Waals surface area contributed by atoms with E-state index in [1.54, 1.807) is 13.0 Å². The lowest BCUT2D eigenvalue weighted by Gasteiger charge is -2.14. The highest BCUT2D eigenvalue weighted by Gasteiger charge is 2.18. The van der Waals surface area contributed by atoms with Gasteiger partial charge < -0.3 is 19.0 Å². The van der Waals surface area contributed by atoms with Crippen LogP contribution in [-0.4, -0.2) is 43.0 Å². The maximum atomic E-state index is 12.2. The van der Waals surface area contributed by atoms with Crippen LogP contribution in [0.15, 0.2) is 35.7 Å². The SMILES string of the molecule is CC.CO/C=C(\C(=O)OC)c1ccccc1COc1nc(/C(C)=N\OC)nc(C)c1C. The van der Waals surface area contributed by atoms with Crippen LogP contribution in [0.25, 0.3) is 5.57 Å². The zero-order chi connectivity index (χ0) is 23.4. The summed E-state index contributed by atoms with van der Waals surface area (Å²) < 4.78 is 15.9. The third-order valence-electron chi connectivity index (χ3n) is 4.21. The molecule has 1 aromatic carbocycles. The van der Waals surface area contributed by atoms with Crippen LogP contribution in [0.4, 0.5) is 0 Å². The highest BCUT2D eigenvalue weighted by atomic mass is 16.6. The number of oxime groups is 1. The van der Waals surface area contributed by atoms with Gasteiger partial charge in [0.25, 0.3) is 0 Å². The van der Waals surface area contributed by atoms with Gasteiger partial charge >= 0.3 is 5.97 Å². The van der Waals surface area contributed by atoms with Gasteiger partial charge in [0, 0.05) is 11.3 Å². The Bertz CT molecular complexity index is 939. The molecule has 0 bridgehead atoms. The molecule has 8 nitrogen and oxygen atoms in total. The largest absolute Gasteiger partial charge is 0.503 e. The van der Waals surface area contributed by atoms with E-state index in [-0.39, 0.29) is 6.61 Å². The molecule has 1 heterocycles. The smallest absolute Gasteiger partial charge is 0.341 e. The van der Waals surface area contributed by atoms with Crippen LogP contribution in [0.1, 0.15) is 49.0 Å². The first kappa shape index (κ1) is 25.6. The third-order valence-corrected chi connectivity index (χ3v) is 4.21.